The molecule has 0 bridgehead atoms. The number of carboxylic acids is 1. The number of nitrogens with two attached hydrogens (primary N) is 4. The first-order valence-electron chi connectivity index (χ1n) is 11.3. The molecule has 1 aromatic carbocycles. The van der Waals surface area contributed by atoms with E-state index in [0.717, 1.165) is 5.56 Å². The average Bonchev–Trinajstić information content (AvgIpc) is 2.83. The highest BCUT2D eigenvalue weighted by atomic mass is 32.1. The number of hydrogen-bond donors (Lipinski definition) is 9. The van der Waals surface area contributed by atoms with Crippen LogP contribution in [0.15, 0.2) is 35.3 Å². The fraction of sp³-hybridized carbons (Fsp3) is 0.455. The van der Waals surface area contributed by atoms with Crippen molar-refractivity contribution in [2.45, 2.75) is 49.9 Å². The molecular weight excluding hydrogens is 504 g/mol. The highest BCUT2D eigenvalue weighted by molar-refractivity contribution is 7.80. The second-order valence-corrected chi connectivity index (χ2v) is 8.48. The molecule has 0 saturated carbocycles. The molecule has 0 aromatic heterocycles. The minimum absolute atomic E-state index is 0.0186. The highest BCUT2D eigenvalue weighted by Gasteiger charge is 2.30. The third-order valence-corrected chi connectivity index (χ3v) is 5.41. The quantitative estimate of drug-likeness (QED) is 0.0447. The third-order valence-electron chi connectivity index (χ3n) is 5.05. The van der Waals surface area contributed by atoms with Crippen LogP contribution in [-0.2, 0) is 30.4 Å². The van der Waals surface area contributed by atoms with E-state index >= 15 is 0 Å². The molecule has 14 nitrogen and oxygen atoms in total. The predicted molar refractivity (Wildman–Crippen MR) is 139 cm³/mol. The van der Waals surface area contributed by atoms with Gasteiger partial charge in [-0.15, -0.1) is 0 Å². The van der Waals surface area contributed by atoms with Crippen LogP contribution in [0.5, 0.6) is 0 Å². The third kappa shape index (κ3) is 12.1. The number of nitrogens with zero attached hydrogens (tertiary/aromatic N) is 1. The number of carbonyl (C=O) groups excluding carboxylic acids is 4. The van der Waals surface area contributed by atoms with Crippen LogP contribution in [0.3, 0.4) is 0 Å². The lowest BCUT2D eigenvalue weighted by molar-refractivity contribution is -0.142. The second kappa shape index (κ2) is 16.0. The van der Waals surface area contributed by atoms with Crippen molar-refractivity contribution in [1.82, 2.24) is 16.0 Å². The van der Waals surface area contributed by atoms with Gasteiger partial charge in [0.1, 0.15) is 18.1 Å². The molecule has 1 rings (SSSR count). The fourth-order valence-corrected chi connectivity index (χ4v) is 3.41. The second-order valence-electron chi connectivity index (χ2n) is 8.12. The Morgan fingerprint density at radius 1 is 0.892 bits per heavy atom. The summed E-state index contributed by atoms with van der Waals surface area (Å²) >= 11 is 4.04. The number of hydrogen-bond acceptors (Lipinski definition) is 8. The first-order valence-corrected chi connectivity index (χ1v) is 12.0. The first-order chi connectivity index (χ1) is 17.4. The number of nitrogens with one attached hydrogen (secondary N) is 3. The summed E-state index contributed by atoms with van der Waals surface area (Å²) in [5, 5.41) is 16.4. The molecule has 204 valence electrons. The van der Waals surface area contributed by atoms with Gasteiger partial charge in [0.25, 0.3) is 0 Å². The SMILES string of the molecule is NC(=O)CC(NC(=O)C(N)Cc1ccccc1)C(=O)NC(CS)C(=O)NC(CCCN=C(N)N)C(=O)O. The molecule has 1 aromatic rings. The van der Waals surface area contributed by atoms with Gasteiger partial charge >= 0.3 is 5.97 Å². The average molecular weight is 539 g/mol. The molecule has 0 saturated heterocycles. The van der Waals surface area contributed by atoms with E-state index in [1.807, 2.05) is 6.07 Å². The summed E-state index contributed by atoms with van der Waals surface area (Å²) in [5.41, 5.74) is 22.4. The summed E-state index contributed by atoms with van der Waals surface area (Å²) in [4.78, 5) is 64.8. The van der Waals surface area contributed by atoms with E-state index in [1.165, 1.54) is 0 Å². The number of guanidine groups is 1. The number of benzene rings is 1. The summed E-state index contributed by atoms with van der Waals surface area (Å²) in [7, 11) is 0. The Kier molecular flexibility index (Phi) is 13.5. The normalized spacial score (nSPS) is 13.8. The van der Waals surface area contributed by atoms with Gasteiger partial charge < -0.3 is 44.0 Å². The van der Waals surface area contributed by atoms with Crippen LogP contribution in [0.2, 0.25) is 0 Å². The summed E-state index contributed by atoms with van der Waals surface area (Å²) < 4.78 is 0. The lowest BCUT2D eigenvalue weighted by atomic mass is 10.0. The fourth-order valence-electron chi connectivity index (χ4n) is 3.15. The minimum Gasteiger partial charge on any atom is -0.480 e. The molecule has 0 heterocycles. The number of amides is 4. The number of aliphatic imine (C=N–C) groups is 1. The molecule has 0 fully saturated rings. The lowest BCUT2D eigenvalue weighted by Crippen LogP contribution is -2.58. The van der Waals surface area contributed by atoms with E-state index in [0.29, 0.717) is 0 Å². The number of rotatable bonds is 16. The first kappa shape index (κ1) is 31.2. The monoisotopic (exact) mass is 538 g/mol. The Morgan fingerprint density at radius 2 is 1.46 bits per heavy atom. The Labute approximate surface area is 219 Å². The molecule has 37 heavy (non-hydrogen) atoms. The van der Waals surface area contributed by atoms with Crippen molar-refractivity contribution in [2.24, 2.45) is 27.9 Å². The molecule has 0 spiro atoms. The Bertz CT molecular complexity index is 973. The molecule has 12 N–H and O–H groups in total. The van der Waals surface area contributed by atoms with Crippen LogP contribution in [0.1, 0.15) is 24.8 Å². The van der Waals surface area contributed by atoms with Crippen molar-refractivity contribution < 1.29 is 29.1 Å². The van der Waals surface area contributed by atoms with Crippen LogP contribution in [0.4, 0.5) is 0 Å². The zero-order valence-electron chi connectivity index (χ0n) is 20.1. The van der Waals surface area contributed by atoms with E-state index in [1.54, 1.807) is 24.3 Å². The van der Waals surface area contributed by atoms with E-state index in [-0.39, 0.29) is 37.5 Å². The van der Waals surface area contributed by atoms with E-state index in [2.05, 4.69) is 33.6 Å². The number of primary amides is 1. The summed E-state index contributed by atoms with van der Waals surface area (Å²) in [6, 6.07) is 3.93. The smallest absolute Gasteiger partial charge is 0.326 e. The van der Waals surface area contributed by atoms with Crippen molar-refractivity contribution >= 4 is 48.2 Å². The van der Waals surface area contributed by atoms with E-state index < -0.39 is 60.2 Å². The van der Waals surface area contributed by atoms with Crippen LogP contribution in [0.25, 0.3) is 0 Å². The number of thiol groups is 1. The topological polar surface area (TPSA) is 258 Å². The predicted octanol–water partition coefficient (Wildman–Crippen LogP) is -3.05. The number of aliphatic carboxylic acids is 1. The van der Waals surface area contributed by atoms with Crippen LogP contribution in [-0.4, -0.2) is 77.1 Å². The Balaban J connectivity index is 2.81. The van der Waals surface area contributed by atoms with Gasteiger partial charge in [0.05, 0.1) is 12.5 Å². The van der Waals surface area contributed by atoms with Crippen LogP contribution < -0.4 is 38.9 Å². The van der Waals surface area contributed by atoms with Gasteiger partial charge in [0, 0.05) is 12.3 Å². The van der Waals surface area contributed by atoms with Crippen LogP contribution >= 0.6 is 12.6 Å². The standard InChI is InChI=1S/C22H34N8O6S/c23-13(9-12-5-2-1-3-6-12)18(32)29-15(10-17(24)31)19(33)30-16(11-37)20(34)28-14(21(35)36)7-4-8-27-22(25)26/h1-3,5-6,13-16,37H,4,7-11,23H2,(H2,24,31)(H,28,34)(H,29,32)(H,30,33)(H,35,36)(H4,25,26,27). The molecule has 0 aliphatic rings. The molecule has 0 aliphatic heterocycles. The van der Waals surface area contributed by atoms with E-state index in [4.69, 9.17) is 22.9 Å². The maximum absolute atomic E-state index is 12.8. The summed E-state index contributed by atoms with van der Waals surface area (Å²) in [5.74, 6) is -4.96. The Hall–Kier alpha value is -3.85. The largest absolute Gasteiger partial charge is 0.480 e. The van der Waals surface area contributed by atoms with Crippen molar-refractivity contribution in [3.8, 4) is 0 Å². The van der Waals surface area contributed by atoms with Gasteiger partial charge in [-0.2, -0.15) is 12.6 Å². The van der Waals surface area contributed by atoms with Crippen molar-refractivity contribution in [3.05, 3.63) is 35.9 Å². The van der Waals surface area contributed by atoms with Gasteiger partial charge in [-0.3, -0.25) is 24.2 Å². The zero-order valence-corrected chi connectivity index (χ0v) is 21.0. The summed E-state index contributed by atoms with van der Waals surface area (Å²) in [6.07, 6.45) is -0.0914. The van der Waals surface area contributed by atoms with Gasteiger partial charge in [-0.05, 0) is 24.8 Å². The van der Waals surface area contributed by atoms with Gasteiger partial charge in [-0.25, -0.2) is 4.79 Å². The maximum atomic E-state index is 12.8. The number of carboxylic acid groups (broad SMARTS) is 1. The van der Waals surface area contributed by atoms with Crippen molar-refractivity contribution in [3.63, 3.8) is 0 Å². The van der Waals surface area contributed by atoms with Crippen LogP contribution in [0, 0.1) is 0 Å². The molecule has 15 heteroatoms. The number of carbonyl (C=O) groups is 5. The van der Waals surface area contributed by atoms with Crippen molar-refractivity contribution in [1.29, 1.82) is 0 Å². The summed E-state index contributed by atoms with van der Waals surface area (Å²) in [6.45, 7) is 0.162. The van der Waals surface area contributed by atoms with Crippen molar-refractivity contribution in [2.75, 3.05) is 12.3 Å². The molecule has 0 radical (unpaired) electrons. The maximum Gasteiger partial charge on any atom is 0.326 e. The van der Waals surface area contributed by atoms with Gasteiger partial charge in [0.2, 0.25) is 23.6 Å². The van der Waals surface area contributed by atoms with Gasteiger partial charge in [0.15, 0.2) is 5.96 Å². The zero-order chi connectivity index (χ0) is 28.0. The van der Waals surface area contributed by atoms with Gasteiger partial charge in [-0.1, -0.05) is 30.3 Å². The molecule has 4 amide bonds. The molecule has 4 atom stereocenters. The lowest BCUT2D eigenvalue weighted by Gasteiger charge is -2.24. The van der Waals surface area contributed by atoms with E-state index in [9.17, 15) is 29.1 Å². The molecule has 4 unspecified atom stereocenters. The molecular formula is C22H34N8O6S. The minimum atomic E-state index is -1.42. The highest BCUT2D eigenvalue weighted by Crippen LogP contribution is 2.04. The molecule has 0 aliphatic carbocycles. The Morgan fingerprint density at radius 3 is 2.00 bits per heavy atom.